The smallest absolute Gasteiger partial charge is 0.246 e. The minimum Gasteiger partial charge on any atom is -0.491 e. The summed E-state index contributed by atoms with van der Waals surface area (Å²) in [4.78, 5) is 71.5. The number of nitrogens with zero attached hydrogens (tertiary/aromatic N) is 1. The lowest BCUT2D eigenvalue weighted by Gasteiger charge is -2.36. The molecule has 5 amide bonds. The summed E-state index contributed by atoms with van der Waals surface area (Å²) in [5.74, 6) is -2.60. The Morgan fingerprint density at radius 3 is 2.11 bits per heavy atom. The van der Waals surface area contributed by atoms with Crippen molar-refractivity contribution in [1.29, 1.82) is 0 Å². The van der Waals surface area contributed by atoms with Crippen molar-refractivity contribution in [3.05, 3.63) is 29.8 Å². The highest BCUT2D eigenvalue weighted by molar-refractivity contribution is 5.96. The average Bonchev–Trinajstić information content (AvgIpc) is 3.16. The normalized spacial score (nSPS) is 27.6. The summed E-state index contributed by atoms with van der Waals surface area (Å²) in [7, 11) is 1.64. The minimum atomic E-state index is -1.21. The van der Waals surface area contributed by atoms with Crippen LogP contribution in [0.2, 0.25) is 0 Å². The second kappa shape index (κ2) is 22.6. The molecule has 7 atom stereocenters. The van der Waals surface area contributed by atoms with Gasteiger partial charge >= 0.3 is 0 Å². The number of carbonyl (C=O) groups is 5. The lowest BCUT2D eigenvalue weighted by molar-refractivity contribution is -0.147. The van der Waals surface area contributed by atoms with Gasteiger partial charge in [-0.3, -0.25) is 24.0 Å². The van der Waals surface area contributed by atoms with Gasteiger partial charge in [0.1, 0.15) is 36.5 Å². The highest BCUT2D eigenvalue weighted by Crippen LogP contribution is 2.28. The van der Waals surface area contributed by atoms with E-state index < -0.39 is 65.9 Å². The molecule has 0 radical (unpaired) electrons. The first-order chi connectivity index (χ1) is 25.8. The second-order valence-electron chi connectivity index (χ2n) is 15.6. The van der Waals surface area contributed by atoms with E-state index in [1.807, 2.05) is 32.9 Å². The van der Waals surface area contributed by atoms with Gasteiger partial charge in [0.15, 0.2) is 0 Å². The number of hydrogen-bond acceptors (Lipinski definition) is 9. The van der Waals surface area contributed by atoms with E-state index in [0.717, 1.165) is 56.9 Å². The average molecular weight is 758 g/mol. The van der Waals surface area contributed by atoms with Gasteiger partial charge in [-0.25, -0.2) is 0 Å². The summed E-state index contributed by atoms with van der Waals surface area (Å²) >= 11 is 0. The highest BCUT2D eigenvalue weighted by Gasteiger charge is 2.39. The van der Waals surface area contributed by atoms with Crippen molar-refractivity contribution >= 4 is 29.5 Å². The molecule has 3 rings (SSSR count). The quantitative estimate of drug-likeness (QED) is 0.173. The molecule has 304 valence electrons. The number of likely N-dealkylation sites (N-methyl/N-ethyl adjacent to an activating group) is 1. The zero-order valence-electron chi connectivity index (χ0n) is 33.4. The first-order valence-corrected chi connectivity index (χ1v) is 20.0. The molecule has 0 aromatic heterocycles. The molecule has 1 aromatic carbocycles. The van der Waals surface area contributed by atoms with Crippen molar-refractivity contribution < 1.29 is 33.4 Å². The Morgan fingerprint density at radius 1 is 0.852 bits per heavy atom. The molecule has 1 aliphatic carbocycles. The van der Waals surface area contributed by atoms with E-state index in [4.69, 9.17) is 20.9 Å². The third-order valence-corrected chi connectivity index (χ3v) is 10.6. The van der Waals surface area contributed by atoms with Gasteiger partial charge in [0.2, 0.25) is 29.5 Å². The molecule has 8 N–H and O–H groups in total. The number of ether oxygens (including phenoxy) is 2. The lowest BCUT2D eigenvalue weighted by atomic mass is 9.83. The van der Waals surface area contributed by atoms with E-state index in [1.54, 1.807) is 26.1 Å². The van der Waals surface area contributed by atoms with Crippen molar-refractivity contribution in [2.45, 2.75) is 142 Å². The third-order valence-electron chi connectivity index (χ3n) is 10.6. The molecule has 1 saturated carbocycles. The van der Waals surface area contributed by atoms with Crippen LogP contribution in [0.5, 0.6) is 5.75 Å². The molecule has 2 aliphatic rings. The van der Waals surface area contributed by atoms with E-state index in [2.05, 4.69) is 28.2 Å². The molecule has 1 aliphatic heterocycles. The van der Waals surface area contributed by atoms with Crippen LogP contribution < -0.4 is 37.5 Å². The summed E-state index contributed by atoms with van der Waals surface area (Å²) in [6.07, 6.45) is 7.61. The van der Waals surface area contributed by atoms with Crippen molar-refractivity contribution in [3.8, 4) is 5.75 Å². The number of hydrogen-bond donors (Lipinski definition) is 6. The van der Waals surface area contributed by atoms with Crippen molar-refractivity contribution in [1.82, 2.24) is 26.2 Å². The number of amides is 5. The molecule has 14 nitrogen and oxygen atoms in total. The van der Waals surface area contributed by atoms with Gasteiger partial charge in [-0.15, -0.1) is 0 Å². The van der Waals surface area contributed by atoms with E-state index in [1.165, 1.54) is 4.90 Å². The number of rotatable bonds is 12. The maximum absolute atomic E-state index is 14.2. The fourth-order valence-corrected chi connectivity index (χ4v) is 7.21. The molecule has 1 aromatic rings. The largest absolute Gasteiger partial charge is 0.491 e. The predicted octanol–water partition coefficient (Wildman–Crippen LogP) is 2.51. The summed E-state index contributed by atoms with van der Waals surface area (Å²) < 4.78 is 12.3. The number of carbonyl (C=O) groups excluding carboxylic acids is 5. The molecular formula is C40H67N7O7. The molecule has 0 bridgehead atoms. The molecule has 1 heterocycles. The molecule has 54 heavy (non-hydrogen) atoms. The van der Waals surface area contributed by atoms with Gasteiger partial charge in [-0.1, -0.05) is 78.4 Å². The molecular weight excluding hydrogens is 690 g/mol. The maximum atomic E-state index is 14.2. The Kier molecular flexibility index (Phi) is 18.7. The lowest BCUT2D eigenvalue weighted by Crippen LogP contribution is -2.62. The zero-order chi connectivity index (χ0) is 39.8. The van der Waals surface area contributed by atoms with Crippen LogP contribution in [-0.2, 0) is 35.3 Å². The molecule has 0 spiro atoms. The van der Waals surface area contributed by atoms with E-state index in [0.29, 0.717) is 25.1 Å². The topological polar surface area (TPSA) is 207 Å². The van der Waals surface area contributed by atoms with Crippen LogP contribution >= 0.6 is 0 Å². The second-order valence-corrected chi connectivity index (χ2v) is 15.6. The SMILES string of the molecule is CCCCC[C@H]1OC[C@@H](C)NC(=O)[C@H](COc2ccc(CN)cc2)NC(=O)[C@H](CN)NC(=O)[C@H](C2CCCCC2)NC(=O)[C@H](CC(C)C)N(C)C(=O)[C@@H]1C. The van der Waals surface area contributed by atoms with Gasteiger partial charge in [0.05, 0.1) is 18.6 Å². The maximum Gasteiger partial charge on any atom is 0.246 e. The summed E-state index contributed by atoms with van der Waals surface area (Å²) in [6.45, 7) is 9.67. The predicted molar refractivity (Wildman–Crippen MR) is 208 cm³/mol. The third kappa shape index (κ3) is 13.5. The highest BCUT2D eigenvalue weighted by atomic mass is 16.5. The standard InChI is InChI=1S/C40H67N7O7/c1-7-8-10-15-34-27(5)40(52)47(6)33(20-25(2)3)38(50)46-35(29-13-11-9-12-14-29)39(51)44-31(22-42)36(48)45-32(37(49)43-26(4)23-54-34)24-53-30-18-16-28(21-41)17-19-30/h16-19,25-27,29,31-35H,7-15,20-24,41-42H2,1-6H3,(H,43,49)(H,44,51)(H,45,48)(H,46,50)/t26-,27-,31+,32+,33+,34-,35+/m1/s1. The van der Waals surface area contributed by atoms with Crippen LogP contribution in [-0.4, -0.2) is 97.6 Å². The van der Waals surface area contributed by atoms with Crippen LogP contribution in [0.4, 0.5) is 0 Å². The monoisotopic (exact) mass is 758 g/mol. The Bertz CT molecular complexity index is 1350. The van der Waals surface area contributed by atoms with Gasteiger partial charge < -0.3 is 47.1 Å². The number of nitrogens with two attached hydrogens (primary N) is 2. The fraction of sp³-hybridized carbons (Fsp3) is 0.725. The first-order valence-electron chi connectivity index (χ1n) is 20.0. The van der Waals surface area contributed by atoms with Gasteiger partial charge in [0, 0.05) is 26.2 Å². The van der Waals surface area contributed by atoms with Crippen LogP contribution in [0.25, 0.3) is 0 Å². The van der Waals surface area contributed by atoms with Crippen molar-refractivity contribution in [3.63, 3.8) is 0 Å². The van der Waals surface area contributed by atoms with Gasteiger partial charge in [-0.2, -0.15) is 0 Å². The number of nitrogens with one attached hydrogen (secondary N) is 4. The minimum absolute atomic E-state index is 0.0727. The van der Waals surface area contributed by atoms with Gasteiger partial charge in [0.25, 0.3) is 0 Å². The fourth-order valence-electron chi connectivity index (χ4n) is 7.21. The Morgan fingerprint density at radius 2 is 1.50 bits per heavy atom. The van der Waals surface area contributed by atoms with Crippen LogP contribution in [0.1, 0.15) is 104 Å². The molecule has 0 unspecified atom stereocenters. The molecule has 2 fully saturated rings. The van der Waals surface area contributed by atoms with E-state index >= 15 is 0 Å². The van der Waals surface area contributed by atoms with Crippen LogP contribution in [0.3, 0.4) is 0 Å². The van der Waals surface area contributed by atoms with Gasteiger partial charge in [-0.05, 0) is 62.1 Å². The summed E-state index contributed by atoms with van der Waals surface area (Å²) in [6, 6.07) is 2.42. The first kappa shape index (κ1) is 44.6. The van der Waals surface area contributed by atoms with E-state index in [9.17, 15) is 24.0 Å². The molecule has 14 heteroatoms. The Labute approximate surface area is 322 Å². The number of benzene rings is 1. The van der Waals surface area contributed by atoms with Crippen LogP contribution in [0, 0.1) is 17.8 Å². The van der Waals surface area contributed by atoms with Crippen molar-refractivity contribution in [2.24, 2.45) is 29.2 Å². The summed E-state index contributed by atoms with van der Waals surface area (Å²) in [5.41, 5.74) is 12.7. The zero-order valence-corrected chi connectivity index (χ0v) is 33.4. The van der Waals surface area contributed by atoms with E-state index in [-0.39, 0.29) is 37.5 Å². The van der Waals surface area contributed by atoms with Crippen molar-refractivity contribution in [2.75, 3.05) is 26.8 Å². The molecule has 1 saturated heterocycles. The number of unbranched alkanes of at least 4 members (excludes halogenated alkanes) is 2. The van der Waals surface area contributed by atoms with Crippen LogP contribution in [0.15, 0.2) is 24.3 Å². The Hall–Kier alpha value is -3.75. The Balaban J connectivity index is 2.01. The summed E-state index contributed by atoms with van der Waals surface area (Å²) in [5, 5.41) is 11.4.